The molecular formula is C21H26N2O4. The zero-order chi connectivity index (χ0) is 19.6. The Morgan fingerprint density at radius 3 is 2.30 bits per heavy atom. The van der Waals surface area contributed by atoms with Crippen LogP contribution in [0.15, 0.2) is 41.6 Å². The number of benzene rings is 2. The van der Waals surface area contributed by atoms with Gasteiger partial charge in [-0.25, -0.2) is 0 Å². The van der Waals surface area contributed by atoms with E-state index in [-0.39, 0.29) is 12.5 Å². The number of nitrogens with one attached hydrogen (secondary N) is 1. The zero-order valence-electron chi connectivity index (χ0n) is 16.2. The minimum atomic E-state index is -0.250. The third-order valence-electron chi connectivity index (χ3n) is 4.16. The van der Waals surface area contributed by atoms with Crippen LogP contribution in [-0.4, -0.2) is 32.9 Å². The van der Waals surface area contributed by atoms with E-state index in [0.717, 1.165) is 29.7 Å². The van der Waals surface area contributed by atoms with Crippen LogP contribution >= 0.6 is 0 Å². The van der Waals surface area contributed by atoms with E-state index >= 15 is 0 Å². The topological polar surface area (TPSA) is 69.2 Å². The summed E-state index contributed by atoms with van der Waals surface area (Å²) < 4.78 is 10.6. The van der Waals surface area contributed by atoms with Gasteiger partial charge >= 0.3 is 0 Å². The summed E-state index contributed by atoms with van der Waals surface area (Å²) in [6.45, 7) is 3.95. The highest BCUT2D eigenvalue weighted by molar-refractivity contribution is 5.93. The summed E-state index contributed by atoms with van der Waals surface area (Å²) in [6, 6.07) is 11.5. The maximum absolute atomic E-state index is 12.2. The van der Waals surface area contributed by atoms with Crippen LogP contribution in [0.3, 0.4) is 0 Å². The first-order valence-corrected chi connectivity index (χ1v) is 8.91. The molecule has 0 aliphatic carbocycles. The molecular weight excluding hydrogens is 344 g/mol. The van der Waals surface area contributed by atoms with Gasteiger partial charge in [-0.15, -0.1) is 0 Å². The van der Waals surface area contributed by atoms with Crippen molar-refractivity contribution >= 4 is 17.8 Å². The van der Waals surface area contributed by atoms with Crippen LogP contribution in [0.5, 0.6) is 11.5 Å². The van der Waals surface area contributed by atoms with Gasteiger partial charge in [0.2, 0.25) is 0 Å². The lowest BCUT2D eigenvalue weighted by atomic mass is 10.0. The minimum absolute atomic E-state index is 0.177. The summed E-state index contributed by atoms with van der Waals surface area (Å²) >= 11 is 0. The Morgan fingerprint density at radius 1 is 1.04 bits per heavy atom. The Morgan fingerprint density at radius 2 is 1.70 bits per heavy atom. The molecule has 0 radical (unpaired) electrons. The number of hydrogen-bond acceptors (Lipinski definition) is 5. The van der Waals surface area contributed by atoms with Crippen LogP contribution in [0.2, 0.25) is 0 Å². The quantitative estimate of drug-likeness (QED) is 0.538. The molecule has 2 aromatic carbocycles. The van der Waals surface area contributed by atoms with E-state index in [1.807, 2.05) is 30.3 Å². The van der Waals surface area contributed by atoms with Gasteiger partial charge in [-0.1, -0.05) is 43.3 Å². The number of aryl methyl sites for hydroxylation is 2. The van der Waals surface area contributed by atoms with Crippen LogP contribution < -0.4 is 14.8 Å². The summed E-state index contributed by atoms with van der Waals surface area (Å²) in [4.78, 5) is 17.4. The Kier molecular flexibility index (Phi) is 7.67. The number of carbonyl (C=O) groups is 1. The van der Waals surface area contributed by atoms with Crippen molar-refractivity contribution in [3.8, 4) is 11.5 Å². The van der Waals surface area contributed by atoms with E-state index in [4.69, 9.17) is 14.3 Å². The summed E-state index contributed by atoms with van der Waals surface area (Å²) in [6.07, 6.45) is 3.18. The maximum Gasteiger partial charge on any atom is 0.265 e. The number of nitrogens with zero attached hydrogens (tertiary/aromatic N) is 1. The summed E-state index contributed by atoms with van der Waals surface area (Å²) in [5.41, 5.74) is 3.77. The number of amides is 1. The number of methoxy groups -OCH3 is 2. The molecule has 27 heavy (non-hydrogen) atoms. The zero-order valence-corrected chi connectivity index (χ0v) is 16.2. The molecule has 0 spiro atoms. The molecule has 0 heterocycles. The highest BCUT2D eigenvalue weighted by atomic mass is 16.6. The molecule has 6 nitrogen and oxygen atoms in total. The predicted octanol–water partition coefficient (Wildman–Crippen LogP) is 3.82. The second-order valence-corrected chi connectivity index (χ2v) is 5.80. The van der Waals surface area contributed by atoms with Crippen molar-refractivity contribution in [2.24, 2.45) is 5.16 Å². The van der Waals surface area contributed by atoms with Gasteiger partial charge in [-0.2, -0.15) is 0 Å². The lowest BCUT2D eigenvalue weighted by molar-refractivity contribution is -0.120. The first-order chi connectivity index (χ1) is 13.1. The first kappa shape index (κ1) is 20.3. The van der Waals surface area contributed by atoms with E-state index in [9.17, 15) is 4.79 Å². The fourth-order valence-corrected chi connectivity index (χ4v) is 2.78. The Labute approximate surface area is 160 Å². The highest BCUT2D eigenvalue weighted by Crippen LogP contribution is 2.29. The summed E-state index contributed by atoms with van der Waals surface area (Å²) in [5, 5.41) is 6.81. The van der Waals surface area contributed by atoms with Crippen LogP contribution in [0, 0.1) is 0 Å². The van der Waals surface area contributed by atoms with Crippen molar-refractivity contribution in [3.63, 3.8) is 0 Å². The van der Waals surface area contributed by atoms with E-state index in [0.29, 0.717) is 17.1 Å². The number of rotatable bonds is 9. The first-order valence-electron chi connectivity index (χ1n) is 8.91. The Bertz CT molecular complexity index is 781. The van der Waals surface area contributed by atoms with Crippen LogP contribution in [-0.2, 0) is 22.5 Å². The molecule has 0 aliphatic heterocycles. The van der Waals surface area contributed by atoms with Crippen molar-refractivity contribution < 1.29 is 19.1 Å². The third-order valence-corrected chi connectivity index (χ3v) is 4.16. The van der Waals surface area contributed by atoms with Crippen molar-refractivity contribution in [2.75, 3.05) is 26.1 Å². The van der Waals surface area contributed by atoms with Gasteiger partial charge in [0, 0.05) is 11.3 Å². The van der Waals surface area contributed by atoms with Gasteiger partial charge in [0.05, 0.1) is 20.4 Å². The van der Waals surface area contributed by atoms with Crippen LogP contribution in [0.25, 0.3) is 0 Å². The van der Waals surface area contributed by atoms with E-state index in [1.165, 1.54) is 6.21 Å². The van der Waals surface area contributed by atoms with Gasteiger partial charge in [0.1, 0.15) is 0 Å². The number of hydrogen-bond donors (Lipinski definition) is 1. The molecule has 0 saturated heterocycles. The average Bonchev–Trinajstić information content (AvgIpc) is 2.70. The van der Waals surface area contributed by atoms with Crippen molar-refractivity contribution in [2.45, 2.75) is 26.7 Å². The third kappa shape index (κ3) is 5.23. The smallest absolute Gasteiger partial charge is 0.265 e. The Balaban J connectivity index is 1.99. The van der Waals surface area contributed by atoms with Gasteiger partial charge in [0.25, 0.3) is 5.91 Å². The molecule has 0 saturated carbocycles. The number of para-hydroxylation sites is 2. The molecule has 144 valence electrons. The number of oxime groups is 1. The summed E-state index contributed by atoms with van der Waals surface area (Å²) in [7, 11) is 3.12. The van der Waals surface area contributed by atoms with E-state index < -0.39 is 0 Å². The predicted molar refractivity (Wildman–Crippen MR) is 107 cm³/mol. The van der Waals surface area contributed by atoms with Crippen molar-refractivity contribution in [1.29, 1.82) is 0 Å². The maximum atomic E-state index is 12.2. The highest BCUT2D eigenvalue weighted by Gasteiger charge is 2.11. The van der Waals surface area contributed by atoms with Crippen LogP contribution in [0.4, 0.5) is 5.69 Å². The minimum Gasteiger partial charge on any atom is -0.493 e. The molecule has 0 aliphatic rings. The van der Waals surface area contributed by atoms with E-state index in [1.54, 1.807) is 20.3 Å². The monoisotopic (exact) mass is 370 g/mol. The van der Waals surface area contributed by atoms with Crippen molar-refractivity contribution in [3.05, 3.63) is 53.1 Å². The normalized spacial score (nSPS) is 10.7. The van der Waals surface area contributed by atoms with Gasteiger partial charge < -0.3 is 19.6 Å². The molecule has 0 fully saturated rings. The van der Waals surface area contributed by atoms with Gasteiger partial charge in [-0.05, 0) is 36.1 Å². The second kappa shape index (κ2) is 10.2. The standard InChI is InChI=1S/C21H26N2O4/c1-5-15-9-7-10-16(6-2)20(15)23-19(24)14-27-22-13-17-11-8-12-18(25-3)21(17)26-4/h7-13H,5-6,14H2,1-4H3,(H,23,24)/b22-13-. The molecule has 1 amide bonds. The average molecular weight is 370 g/mol. The largest absolute Gasteiger partial charge is 0.493 e. The van der Waals surface area contributed by atoms with Gasteiger partial charge in [-0.3, -0.25) is 4.79 Å². The molecule has 0 atom stereocenters. The fourth-order valence-electron chi connectivity index (χ4n) is 2.78. The Hall–Kier alpha value is -3.02. The molecule has 2 rings (SSSR count). The molecule has 6 heteroatoms. The molecule has 0 bridgehead atoms. The second-order valence-electron chi connectivity index (χ2n) is 5.80. The lowest BCUT2D eigenvalue weighted by Crippen LogP contribution is -2.19. The number of ether oxygens (including phenoxy) is 2. The van der Waals surface area contributed by atoms with Crippen molar-refractivity contribution in [1.82, 2.24) is 0 Å². The van der Waals surface area contributed by atoms with Gasteiger partial charge in [0.15, 0.2) is 18.1 Å². The molecule has 0 unspecified atom stereocenters. The summed E-state index contributed by atoms with van der Waals surface area (Å²) in [5.74, 6) is 0.907. The number of anilines is 1. The van der Waals surface area contributed by atoms with E-state index in [2.05, 4.69) is 24.3 Å². The van der Waals surface area contributed by atoms with Crippen LogP contribution in [0.1, 0.15) is 30.5 Å². The molecule has 0 aromatic heterocycles. The molecule has 1 N–H and O–H groups in total. The fraction of sp³-hybridized carbons (Fsp3) is 0.333. The SMILES string of the molecule is CCc1cccc(CC)c1NC(=O)CO/N=C\c1cccc(OC)c1OC. The number of carbonyl (C=O) groups excluding carboxylic acids is 1. The molecule has 2 aromatic rings. The lowest BCUT2D eigenvalue weighted by Gasteiger charge is -2.14.